The van der Waals surface area contributed by atoms with Gasteiger partial charge in [0.2, 0.25) is 5.90 Å². The van der Waals surface area contributed by atoms with Crippen molar-refractivity contribution < 1.29 is 9.13 Å². The molecule has 0 spiro atoms. The molecule has 2 aromatic carbocycles. The van der Waals surface area contributed by atoms with Gasteiger partial charge in [0, 0.05) is 17.6 Å². The fraction of sp³-hybridized carbons (Fsp3) is 0.143. The number of nitrogens with zero attached hydrogens (tertiary/aromatic N) is 4. The van der Waals surface area contributed by atoms with Gasteiger partial charge in [-0.2, -0.15) is 0 Å². The summed E-state index contributed by atoms with van der Waals surface area (Å²) in [5.41, 5.74) is 10.4. The highest BCUT2D eigenvalue weighted by atomic mass is 35.5. The molecule has 1 atom stereocenters. The third-order valence-electron chi connectivity index (χ3n) is 5.28. The molecular weight excluding hydrogens is 407 g/mol. The van der Waals surface area contributed by atoms with Crippen LogP contribution in [0.25, 0.3) is 5.69 Å². The van der Waals surface area contributed by atoms with Gasteiger partial charge in [-0.3, -0.25) is 9.58 Å². The van der Waals surface area contributed by atoms with Gasteiger partial charge in [0.05, 0.1) is 22.8 Å². The molecular formula is C21H18ClFN6O. The summed E-state index contributed by atoms with van der Waals surface area (Å²) >= 11 is 6.19. The molecule has 0 unspecified atom stereocenters. The largest absolute Gasteiger partial charge is 0.474 e. The fourth-order valence-electron chi connectivity index (χ4n) is 3.73. The Morgan fingerprint density at radius 1 is 1.17 bits per heavy atom. The van der Waals surface area contributed by atoms with Crippen LogP contribution in [0.3, 0.4) is 0 Å². The number of rotatable bonds is 2. The van der Waals surface area contributed by atoms with Crippen LogP contribution < -0.4 is 16.6 Å². The Kier molecular flexibility index (Phi) is 4.45. The molecule has 0 bridgehead atoms. The maximum Gasteiger partial charge on any atom is 0.238 e. The first-order valence-electron chi connectivity index (χ1n) is 9.33. The molecule has 3 heterocycles. The Hall–Kier alpha value is -3.36. The first kappa shape index (κ1) is 18.7. The summed E-state index contributed by atoms with van der Waals surface area (Å²) in [6, 6.07) is 11.5. The summed E-state index contributed by atoms with van der Waals surface area (Å²) in [5.74, 6) is 6.48. The van der Waals surface area contributed by atoms with E-state index in [-0.39, 0.29) is 11.9 Å². The Labute approximate surface area is 177 Å². The van der Waals surface area contributed by atoms with Crippen LogP contribution >= 0.6 is 11.6 Å². The molecule has 2 aliphatic heterocycles. The van der Waals surface area contributed by atoms with Crippen molar-refractivity contribution in [2.24, 2.45) is 16.6 Å². The second-order valence-corrected chi connectivity index (χ2v) is 7.50. The van der Waals surface area contributed by atoms with Gasteiger partial charge in [-0.05, 0) is 35.9 Å². The standard InChI is InChI=1S/C21H18ClFN6O/c22-13-3-6-17-18(7-13)29(25)15(9-24)8-19-20(26-11-28(17)19)21-27-16(10-30-21)12-1-4-14(23)5-2-12/h1-7,9,11,16H,8,10,24-25H2/b15-9-/t16-/m0/s1. The van der Waals surface area contributed by atoms with Gasteiger partial charge in [-0.15, -0.1) is 0 Å². The predicted molar refractivity (Wildman–Crippen MR) is 113 cm³/mol. The zero-order valence-electron chi connectivity index (χ0n) is 15.8. The van der Waals surface area contributed by atoms with Crippen molar-refractivity contribution in [3.05, 3.63) is 88.5 Å². The van der Waals surface area contributed by atoms with Gasteiger partial charge >= 0.3 is 0 Å². The van der Waals surface area contributed by atoms with E-state index in [1.165, 1.54) is 23.3 Å². The number of allylic oxidation sites excluding steroid dienone is 1. The van der Waals surface area contributed by atoms with Crippen molar-refractivity contribution in [3.63, 3.8) is 0 Å². The molecule has 9 heteroatoms. The molecule has 0 saturated carbocycles. The van der Waals surface area contributed by atoms with E-state index in [0.717, 1.165) is 16.9 Å². The van der Waals surface area contributed by atoms with Crippen LogP contribution in [0.5, 0.6) is 0 Å². The van der Waals surface area contributed by atoms with Crippen LogP contribution in [-0.4, -0.2) is 22.1 Å². The number of hydrogen-bond donors (Lipinski definition) is 2. The van der Waals surface area contributed by atoms with Gasteiger partial charge in [-0.1, -0.05) is 23.7 Å². The monoisotopic (exact) mass is 424 g/mol. The lowest BCUT2D eigenvalue weighted by Gasteiger charge is -2.21. The molecule has 2 aliphatic rings. The van der Waals surface area contributed by atoms with Crippen LogP contribution in [0.15, 0.2) is 65.7 Å². The molecule has 152 valence electrons. The Balaban J connectivity index is 1.59. The average Bonchev–Trinajstić information content (AvgIpc) is 3.37. The van der Waals surface area contributed by atoms with E-state index >= 15 is 0 Å². The quantitative estimate of drug-likeness (QED) is 0.616. The normalized spacial score (nSPS) is 19.2. The van der Waals surface area contributed by atoms with Crippen LogP contribution in [0, 0.1) is 5.82 Å². The van der Waals surface area contributed by atoms with Crippen LogP contribution in [0.4, 0.5) is 10.1 Å². The van der Waals surface area contributed by atoms with E-state index in [4.69, 9.17) is 27.9 Å². The van der Waals surface area contributed by atoms with Gasteiger partial charge in [0.25, 0.3) is 0 Å². The minimum absolute atomic E-state index is 0.217. The number of hydrazine groups is 1. The maximum absolute atomic E-state index is 13.2. The minimum Gasteiger partial charge on any atom is -0.474 e. The molecule has 4 N–H and O–H groups in total. The molecule has 0 radical (unpaired) electrons. The zero-order valence-corrected chi connectivity index (χ0v) is 16.6. The number of imidazole rings is 1. The molecule has 30 heavy (non-hydrogen) atoms. The Morgan fingerprint density at radius 2 is 1.97 bits per heavy atom. The number of nitrogens with two attached hydrogens (primary N) is 2. The number of aromatic nitrogens is 2. The van der Waals surface area contributed by atoms with E-state index in [2.05, 4.69) is 9.98 Å². The van der Waals surface area contributed by atoms with E-state index in [1.807, 2.05) is 10.6 Å². The highest BCUT2D eigenvalue weighted by Gasteiger charge is 2.30. The lowest BCUT2D eigenvalue weighted by Crippen LogP contribution is -2.31. The molecule has 0 amide bonds. The zero-order chi connectivity index (χ0) is 20.8. The molecule has 7 nitrogen and oxygen atoms in total. The summed E-state index contributed by atoms with van der Waals surface area (Å²) in [5, 5.41) is 2.09. The lowest BCUT2D eigenvalue weighted by atomic mass is 10.1. The second kappa shape index (κ2) is 7.16. The smallest absolute Gasteiger partial charge is 0.238 e. The van der Waals surface area contributed by atoms with E-state index in [1.54, 1.807) is 30.6 Å². The first-order chi connectivity index (χ1) is 14.5. The number of fused-ring (bicyclic) bond motifs is 3. The average molecular weight is 425 g/mol. The first-order valence-corrected chi connectivity index (χ1v) is 9.71. The molecule has 0 saturated heterocycles. The van der Waals surface area contributed by atoms with E-state index < -0.39 is 0 Å². The fourth-order valence-corrected chi connectivity index (χ4v) is 3.90. The summed E-state index contributed by atoms with van der Waals surface area (Å²) in [6.07, 6.45) is 3.61. The topological polar surface area (TPSA) is 94.7 Å². The highest BCUT2D eigenvalue weighted by Crippen LogP contribution is 2.35. The molecule has 1 aromatic heterocycles. The molecule has 0 aliphatic carbocycles. The van der Waals surface area contributed by atoms with E-state index in [9.17, 15) is 4.39 Å². The van der Waals surface area contributed by atoms with Crippen LogP contribution in [-0.2, 0) is 11.2 Å². The van der Waals surface area contributed by atoms with Gasteiger partial charge in [-0.25, -0.2) is 20.2 Å². The second-order valence-electron chi connectivity index (χ2n) is 7.06. The number of hydrogen-bond acceptors (Lipinski definition) is 6. The number of anilines is 1. The third kappa shape index (κ3) is 3.01. The number of halogens is 2. The van der Waals surface area contributed by atoms with E-state index in [0.29, 0.717) is 41.0 Å². The summed E-state index contributed by atoms with van der Waals surface area (Å²) < 4.78 is 21.0. The van der Waals surface area contributed by atoms with Crippen molar-refractivity contribution in [1.82, 2.24) is 9.55 Å². The number of benzene rings is 2. The lowest BCUT2D eigenvalue weighted by molar-refractivity contribution is 0.319. The summed E-state index contributed by atoms with van der Waals surface area (Å²) in [6.45, 7) is 0.363. The number of ether oxygens (including phenoxy) is 1. The molecule has 0 fully saturated rings. The summed E-state index contributed by atoms with van der Waals surface area (Å²) in [4.78, 5) is 9.25. The van der Waals surface area contributed by atoms with Gasteiger partial charge < -0.3 is 10.5 Å². The molecule has 3 aromatic rings. The Morgan fingerprint density at radius 3 is 2.73 bits per heavy atom. The number of aliphatic imine (C=N–C) groups is 1. The van der Waals surface area contributed by atoms with Crippen molar-refractivity contribution in [2.75, 3.05) is 11.6 Å². The van der Waals surface area contributed by atoms with Gasteiger partial charge in [0.1, 0.15) is 30.5 Å². The maximum atomic E-state index is 13.2. The van der Waals surface area contributed by atoms with Crippen LogP contribution in [0.2, 0.25) is 5.02 Å². The third-order valence-corrected chi connectivity index (χ3v) is 5.52. The van der Waals surface area contributed by atoms with Crippen molar-refractivity contribution in [1.29, 1.82) is 0 Å². The van der Waals surface area contributed by atoms with Crippen molar-refractivity contribution in [2.45, 2.75) is 12.5 Å². The van der Waals surface area contributed by atoms with Crippen LogP contribution in [0.1, 0.15) is 23.0 Å². The Bertz CT molecular complexity index is 1190. The predicted octanol–water partition coefficient (Wildman–Crippen LogP) is 3.22. The van der Waals surface area contributed by atoms with Crippen molar-refractivity contribution >= 4 is 23.2 Å². The SMILES string of the molecule is N/C=C1/Cc2c(C3=N[C@H](c4ccc(F)cc4)CO3)ncn2-c2ccc(Cl)cc2N1N. The highest BCUT2D eigenvalue weighted by molar-refractivity contribution is 6.31. The molecule has 5 rings (SSSR count). The summed E-state index contributed by atoms with van der Waals surface area (Å²) in [7, 11) is 0. The van der Waals surface area contributed by atoms with Crippen molar-refractivity contribution in [3.8, 4) is 5.69 Å². The minimum atomic E-state index is -0.285. The van der Waals surface area contributed by atoms with Gasteiger partial charge in [0.15, 0.2) is 0 Å².